The zero-order valence-electron chi connectivity index (χ0n) is 12.9. The summed E-state index contributed by atoms with van der Waals surface area (Å²) in [7, 11) is 0. The maximum absolute atomic E-state index is 12.7. The van der Waals surface area contributed by atoms with E-state index >= 15 is 0 Å². The topological polar surface area (TPSA) is 58.9 Å². The van der Waals surface area contributed by atoms with Crippen molar-refractivity contribution in [1.29, 1.82) is 0 Å². The fourth-order valence-corrected chi connectivity index (χ4v) is 4.21. The van der Waals surface area contributed by atoms with Gasteiger partial charge in [0.15, 0.2) is 0 Å². The van der Waals surface area contributed by atoms with Crippen molar-refractivity contribution in [2.75, 3.05) is 18.5 Å². The fourth-order valence-electron chi connectivity index (χ4n) is 4.21. The van der Waals surface area contributed by atoms with Crippen LogP contribution in [-0.4, -0.2) is 45.1 Å². The summed E-state index contributed by atoms with van der Waals surface area (Å²) in [6.45, 7) is 1.57. The molecule has 4 heterocycles. The van der Waals surface area contributed by atoms with E-state index in [4.69, 9.17) is 4.74 Å². The van der Waals surface area contributed by atoms with Crippen LogP contribution < -0.4 is 5.32 Å². The Bertz CT molecular complexity index is 761. The lowest BCUT2D eigenvalue weighted by atomic mass is 9.78. The Hall–Kier alpha value is -2.08. The molecule has 1 saturated carbocycles. The van der Waals surface area contributed by atoms with Crippen molar-refractivity contribution in [2.45, 2.75) is 37.3 Å². The number of fused-ring (bicyclic) bond motifs is 1. The number of hydrogen-bond acceptors (Lipinski definition) is 3. The number of carbonyl (C=O) groups excluding carboxylic acids is 1. The van der Waals surface area contributed by atoms with Crippen LogP contribution in [0.2, 0.25) is 0 Å². The number of urea groups is 1. The monoisotopic (exact) mass is 312 g/mol. The summed E-state index contributed by atoms with van der Waals surface area (Å²) in [5, 5.41) is 3.02. The highest BCUT2D eigenvalue weighted by Gasteiger charge is 2.61. The van der Waals surface area contributed by atoms with Crippen molar-refractivity contribution in [2.24, 2.45) is 5.92 Å². The van der Waals surface area contributed by atoms with Crippen molar-refractivity contribution < 1.29 is 9.53 Å². The Kier molecular flexibility index (Phi) is 2.74. The van der Waals surface area contributed by atoms with E-state index in [1.54, 1.807) is 6.20 Å². The SMILES string of the molecule is O=C(Nc1ccn2ccnc2c1)N1CC2(CCCO2)C1C1CC1. The lowest BCUT2D eigenvalue weighted by Crippen LogP contribution is -2.72. The van der Waals surface area contributed by atoms with Crippen LogP contribution in [0.5, 0.6) is 0 Å². The second kappa shape index (κ2) is 4.71. The minimum atomic E-state index is -0.0501. The van der Waals surface area contributed by atoms with E-state index in [2.05, 4.69) is 10.3 Å². The highest BCUT2D eigenvalue weighted by molar-refractivity contribution is 5.91. The Balaban J connectivity index is 1.34. The number of ether oxygens (including phenoxy) is 1. The average Bonchev–Trinajstić information content (AvgIpc) is 3.04. The minimum Gasteiger partial charge on any atom is -0.371 e. The quantitative estimate of drug-likeness (QED) is 0.927. The summed E-state index contributed by atoms with van der Waals surface area (Å²) >= 11 is 0. The first-order valence-corrected chi connectivity index (χ1v) is 8.40. The molecule has 2 aliphatic heterocycles. The molecule has 0 bridgehead atoms. The largest absolute Gasteiger partial charge is 0.371 e. The zero-order valence-corrected chi connectivity index (χ0v) is 12.9. The molecule has 2 aromatic heterocycles. The molecule has 6 nitrogen and oxygen atoms in total. The number of amides is 2. The number of nitrogens with one attached hydrogen (secondary N) is 1. The minimum absolute atomic E-state index is 0.0149. The van der Waals surface area contributed by atoms with Gasteiger partial charge in [0.1, 0.15) is 11.2 Å². The van der Waals surface area contributed by atoms with Crippen LogP contribution in [0, 0.1) is 5.92 Å². The molecule has 2 atom stereocenters. The van der Waals surface area contributed by atoms with E-state index in [9.17, 15) is 4.79 Å². The zero-order chi connectivity index (χ0) is 15.4. The van der Waals surface area contributed by atoms with Gasteiger partial charge in [0.05, 0.1) is 12.6 Å². The number of anilines is 1. The Morgan fingerprint density at radius 1 is 1.39 bits per heavy atom. The maximum atomic E-state index is 12.7. The molecule has 5 rings (SSSR count). The van der Waals surface area contributed by atoms with Gasteiger partial charge < -0.3 is 19.4 Å². The van der Waals surface area contributed by atoms with Gasteiger partial charge in [-0.25, -0.2) is 9.78 Å². The molecule has 2 unspecified atom stereocenters. The van der Waals surface area contributed by atoms with E-state index in [1.165, 1.54) is 12.8 Å². The van der Waals surface area contributed by atoms with Crippen LogP contribution in [0.15, 0.2) is 30.7 Å². The van der Waals surface area contributed by atoms with Crippen LogP contribution >= 0.6 is 0 Å². The number of nitrogens with zero attached hydrogens (tertiary/aromatic N) is 3. The molecule has 6 heteroatoms. The van der Waals surface area contributed by atoms with Crippen molar-refractivity contribution in [3.63, 3.8) is 0 Å². The van der Waals surface area contributed by atoms with E-state index in [-0.39, 0.29) is 17.7 Å². The second-order valence-electron chi connectivity index (χ2n) is 6.97. The maximum Gasteiger partial charge on any atom is 0.322 e. The molecular formula is C17H20N4O2. The molecule has 2 aromatic rings. The van der Waals surface area contributed by atoms with Gasteiger partial charge in [-0.15, -0.1) is 0 Å². The molecule has 2 amide bonds. The van der Waals surface area contributed by atoms with Gasteiger partial charge in [0.25, 0.3) is 0 Å². The highest BCUT2D eigenvalue weighted by Crippen LogP contribution is 2.51. The van der Waals surface area contributed by atoms with Gasteiger partial charge in [-0.05, 0) is 37.7 Å². The number of carbonyl (C=O) groups is 1. The third-order valence-corrected chi connectivity index (χ3v) is 5.43. The molecule has 120 valence electrons. The Labute approximate surface area is 134 Å². The molecule has 0 radical (unpaired) electrons. The average molecular weight is 312 g/mol. The van der Waals surface area contributed by atoms with E-state index in [1.807, 2.05) is 33.8 Å². The first-order valence-electron chi connectivity index (χ1n) is 8.40. The van der Waals surface area contributed by atoms with E-state index < -0.39 is 0 Å². The summed E-state index contributed by atoms with van der Waals surface area (Å²) in [6, 6.07) is 4.05. The number of likely N-dealkylation sites (tertiary alicyclic amines) is 1. The van der Waals surface area contributed by atoms with Gasteiger partial charge in [0.2, 0.25) is 0 Å². The third-order valence-electron chi connectivity index (χ3n) is 5.43. The Morgan fingerprint density at radius 3 is 3.09 bits per heavy atom. The summed E-state index contributed by atoms with van der Waals surface area (Å²) in [4.78, 5) is 18.9. The van der Waals surface area contributed by atoms with E-state index in [0.29, 0.717) is 5.92 Å². The molecular weight excluding hydrogens is 292 g/mol. The van der Waals surface area contributed by atoms with Crippen molar-refractivity contribution in [1.82, 2.24) is 14.3 Å². The Morgan fingerprint density at radius 2 is 2.30 bits per heavy atom. The van der Waals surface area contributed by atoms with Crippen molar-refractivity contribution in [3.05, 3.63) is 30.7 Å². The van der Waals surface area contributed by atoms with Gasteiger partial charge in [-0.2, -0.15) is 0 Å². The first-order chi connectivity index (χ1) is 11.3. The van der Waals surface area contributed by atoms with Crippen LogP contribution in [0.1, 0.15) is 25.7 Å². The highest BCUT2D eigenvalue weighted by atomic mass is 16.5. The van der Waals surface area contributed by atoms with Crippen LogP contribution in [0.25, 0.3) is 5.65 Å². The first kappa shape index (κ1) is 13.4. The van der Waals surface area contributed by atoms with Gasteiger partial charge in [-0.1, -0.05) is 0 Å². The number of imidazole rings is 1. The smallest absolute Gasteiger partial charge is 0.322 e. The number of hydrogen-bond donors (Lipinski definition) is 1. The molecule has 1 N–H and O–H groups in total. The van der Waals surface area contributed by atoms with Crippen LogP contribution in [0.4, 0.5) is 10.5 Å². The predicted molar refractivity (Wildman–Crippen MR) is 85.3 cm³/mol. The summed E-state index contributed by atoms with van der Waals surface area (Å²) in [6.07, 6.45) is 10.2. The fraction of sp³-hybridized carbons (Fsp3) is 0.529. The van der Waals surface area contributed by atoms with Gasteiger partial charge in [0, 0.05) is 37.0 Å². The molecule has 2 saturated heterocycles. The van der Waals surface area contributed by atoms with Crippen molar-refractivity contribution in [3.8, 4) is 0 Å². The second-order valence-corrected chi connectivity index (χ2v) is 6.97. The summed E-state index contributed by atoms with van der Waals surface area (Å²) < 4.78 is 7.96. The van der Waals surface area contributed by atoms with Gasteiger partial charge >= 0.3 is 6.03 Å². The van der Waals surface area contributed by atoms with Crippen LogP contribution in [-0.2, 0) is 4.74 Å². The molecule has 1 aliphatic carbocycles. The molecule has 3 fully saturated rings. The molecule has 23 heavy (non-hydrogen) atoms. The lowest BCUT2D eigenvalue weighted by molar-refractivity contribution is -0.145. The summed E-state index contributed by atoms with van der Waals surface area (Å²) in [5.41, 5.74) is 1.57. The summed E-state index contributed by atoms with van der Waals surface area (Å²) in [5.74, 6) is 0.627. The third kappa shape index (κ3) is 2.05. The van der Waals surface area contributed by atoms with Crippen LogP contribution in [0.3, 0.4) is 0 Å². The normalized spacial score (nSPS) is 29.9. The molecule has 1 spiro atoms. The number of pyridine rings is 1. The molecule has 0 aromatic carbocycles. The lowest BCUT2D eigenvalue weighted by Gasteiger charge is -2.55. The number of aromatic nitrogens is 2. The predicted octanol–water partition coefficient (Wildman–Crippen LogP) is 2.51. The molecule has 3 aliphatic rings. The standard InChI is InChI=1S/C17H20N4O2/c22-16(19-13-4-7-20-8-6-18-14(20)10-13)21-11-17(5-1-9-23-17)15(21)12-2-3-12/h4,6-8,10,12,15H,1-3,5,9,11H2,(H,19,22). The van der Waals surface area contributed by atoms with Gasteiger partial charge in [-0.3, -0.25) is 0 Å². The van der Waals surface area contributed by atoms with E-state index in [0.717, 1.165) is 37.3 Å². The number of rotatable bonds is 2. The van der Waals surface area contributed by atoms with Crippen molar-refractivity contribution >= 4 is 17.4 Å².